The first-order chi connectivity index (χ1) is 15.1. The van der Waals surface area contributed by atoms with Crippen molar-refractivity contribution in [3.8, 4) is 11.5 Å². The van der Waals surface area contributed by atoms with Gasteiger partial charge in [-0.1, -0.05) is 36.4 Å². The van der Waals surface area contributed by atoms with Crippen LogP contribution >= 0.6 is 27.7 Å². The summed E-state index contributed by atoms with van der Waals surface area (Å²) in [6.07, 6.45) is 1.84. The first kappa shape index (κ1) is 21.2. The van der Waals surface area contributed by atoms with E-state index in [4.69, 9.17) is 9.47 Å². The second-order valence-corrected chi connectivity index (χ2v) is 8.53. The number of amides is 1. The van der Waals surface area contributed by atoms with Gasteiger partial charge in [-0.05, 0) is 81.3 Å². The minimum Gasteiger partial charge on any atom is -0.497 e. The smallest absolute Gasteiger partial charge is 0.264 e. The Labute approximate surface area is 193 Å². The average Bonchev–Trinajstić information content (AvgIpc) is 3.13. The highest BCUT2D eigenvalue weighted by molar-refractivity contribution is 9.10. The van der Waals surface area contributed by atoms with Crippen molar-refractivity contribution in [1.29, 1.82) is 0 Å². The van der Waals surface area contributed by atoms with Crippen molar-refractivity contribution in [2.24, 2.45) is 4.99 Å². The molecule has 156 valence electrons. The fraction of sp³-hybridized carbons (Fsp3) is 0.0833. The van der Waals surface area contributed by atoms with E-state index in [1.807, 2.05) is 78.9 Å². The normalized spacial score (nSPS) is 15.9. The number of thioether (sulfide) groups is 1. The summed E-state index contributed by atoms with van der Waals surface area (Å²) in [7, 11) is 1.62. The van der Waals surface area contributed by atoms with Crippen molar-refractivity contribution in [3.05, 3.63) is 93.3 Å². The number of nitrogens with one attached hydrogen (secondary N) is 1. The number of amidine groups is 1. The number of hydrogen-bond acceptors (Lipinski definition) is 5. The quantitative estimate of drug-likeness (QED) is 0.431. The lowest BCUT2D eigenvalue weighted by atomic mass is 10.2. The molecule has 0 unspecified atom stereocenters. The highest BCUT2D eigenvalue weighted by atomic mass is 79.9. The molecule has 3 aromatic rings. The summed E-state index contributed by atoms with van der Waals surface area (Å²) in [5, 5.41) is 3.35. The van der Waals surface area contributed by atoms with Crippen LogP contribution in [-0.4, -0.2) is 18.2 Å². The SMILES string of the molecule is COc1ccc(N=C2NC(=O)C(=Cc3ccc(OCc4ccccc4)c(Br)c3)S2)cc1. The van der Waals surface area contributed by atoms with Gasteiger partial charge in [-0.3, -0.25) is 4.79 Å². The topological polar surface area (TPSA) is 59.9 Å². The summed E-state index contributed by atoms with van der Waals surface area (Å²) >= 11 is 4.87. The number of benzene rings is 3. The third-order valence-electron chi connectivity index (χ3n) is 4.44. The van der Waals surface area contributed by atoms with Crippen LogP contribution in [0, 0.1) is 0 Å². The van der Waals surface area contributed by atoms with Gasteiger partial charge in [0, 0.05) is 0 Å². The fourth-order valence-electron chi connectivity index (χ4n) is 2.87. The number of rotatable bonds is 6. The lowest BCUT2D eigenvalue weighted by Crippen LogP contribution is -2.19. The van der Waals surface area contributed by atoms with Crippen LogP contribution in [0.1, 0.15) is 11.1 Å². The number of halogens is 1. The van der Waals surface area contributed by atoms with Crippen LogP contribution in [0.2, 0.25) is 0 Å². The van der Waals surface area contributed by atoms with Gasteiger partial charge < -0.3 is 14.8 Å². The molecule has 0 spiro atoms. The Bertz CT molecular complexity index is 1150. The van der Waals surface area contributed by atoms with Crippen LogP contribution in [0.15, 0.2) is 87.2 Å². The van der Waals surface area contributed by atoms with E-state index < -0.39 is 0 Å². The van der Waals surface area contributed by atoms with Crippen LogP contribution in [0.25, 0.3) is 6.08 Å². The molecule has 1 amide bonds. The van der Waals surface area contributed by atoms with Crippen LogP contribution in [0.4, 0.5) is 5.69 Å². The van der Waals surface area contributed by atoms with Crippen molar-refractivity contribution in [1.82, 2.24) is 5.32 Å². The maximum atomic E-state index is 12.4. The summed E-state index contributed by atoms with van der Waals surface area (Å²) in [5.41, 5.74) is 2.73. The molecule has 1 saturated heterocycles. The maximum absolute atomic E-state index is 12.4. The molecule has 0 bridgehead atoms. The molecule has 1 aliphatic rings. The number of aliphatic imine (C=N–C) groups is 1. The Hall–Kier alpha value is -3.03. The minimum atomic E-state index is -0.169. The zero-order chi connectivity index (χ0) is 21.6. The second-order valence-electron chi connectivity index (χ2n) is 6.64. The largest absolute Gasteiger partial charge is 0.497 e. The van der Waals surface area contributed by atoms with E-state index in [1.54, 1.807) is 7.11 Å². The average molecular weight is 495 g/mol. The van der Waals surface area contributed by atoms with E-state index >= 15 is 0 Å². The highest BCUT2D eigenvalue weighted by Crippen LogP contribution is 2.31. The van der Waals surface area contributed by atoms with Gasteiger partial charge in [0.2, 0.25) is 0 Å². The summed E-state index contributed by atoms with van der Waals surface area (Å²) in [6.45, 7) is 0.489. The zero-order valence-electron chi connectivity index (χ0n) is 16.7. The Morgan fingerprint density at radius 2 is 1.84 bits per heavy atom. The molecule has 1 aliphatic heterocycles. The van der Waals surface area contributed by atoms with Crippen LogP contribution in [-0.2, 0) is 11.4 Å². The number of carbonyl (C=O) groups excluding carboxylic acids is 1. The molecular formula is C24H19BrN2O3S. The molecule has 0 saturated carbocycles. The van der Waals surface area contributed by atoms with Gasteiger partial charge in [0.1, 0.15) is 18.1 Å². The third-order valence-corrected chi connectivity index (χ3v) is 5.97. The molecule has 1 heterocycles. The molecule has 1 fully saturated rings. The molecule has 4 rings (SSSR count). The van der Waals surface area contributed by atoms with E-state index in [2.05, 4.69) is 26.2 Å². The van der Waals surface area contributed by atoms with E-state index in [1.165, 1.54) is 11.8 Å². The number of ether oxygens (including phenoxy) is 2. The van der Waals surface area contributed by atoms with Gasteiger partial charge in [-0.25, -0.2) is 4.99 Å². The first-order valence-corrected chi connectivity index (χ1v) is 11.1. The van der Waals surface area contributed by atoms with Crippen LogP contribution in [0.5, 0.6) is 11.5 Å². The Morgan fingerprint density at radius 3 is 2.55 bits per heavy atom. The second kappa shape index (κ2) is 9.85. The fourth-order valence-corrected chi connectivity index (χ4v) is 4.22. The van der Waals surface area contributed by atoms with E-state index in [-0.39, 0.29) is 5.91 Å². The molecule has 1 N–H and O–H groups in total. The molecular weight excluding hydrogens is 476 g/mol. The lowest BCUT2D eigenvalue weighted by Gasteiger charge is -2.09. The lowest BCUT2D eigenvalue weighted by molar-refractivity contribution is -0.115. The molecule has 0 atom stereocenters. The van der Waals surface area contributed by atoms with Crippen molar-refractivity contribution >= 4 is 50.5 Å². The van der Waals surface area contributed by atoms with Crippen molar-refractivity contribution in [2.75, 3.05) is 7.11 Å². The van der Waals surface area contributed by atoms with Gasteiger partial charge >= 0.3 is 0 Å². The van der Waals surface area contributed by atoms with E-state index in [0.717, 1.165) is 32.8 Å². The van der Waals surface area contributed by atoms with E-state index in [0.29, 0.717) is 16.7 Å². The molecule has 3 aromatic carbocycles. The summed E-state index contributed by atoms with van der Waals surface area (Å²) in [4.78, 5) is 17.4. The first-order valence-electron chi connectivity index (χ1n) is 9.50. The predicted octanol–water partition coefficient (Wildman–Crippen LogP) is 5.93. The van der Waals surface area contributed by atoms with Gasteiger partial charge in [0.05, 0.1) is 22.2 Å². The maximum Gasteiger partial charge on any atom is 0.264 e. The number of methoxy groups -OCH3 is 1. The Kier molecular flexibility index (Phi) is 6.74. The third kappa shape index (κ3) is 5.57. The predicted molar refractivity (Wildman–Crippen MR) is 129 cm³/mol. The number of nitrogens with zero attached hydrogens (tertiary/aromatic N) is 1. The minimum absolute atomic E-state index is 0.169. The Balaban J connectivity index is 1.44. The van der Waals surface area contributed by atoms with Crippen LogP contribution < -0.4 is 14.8 Å². The molecule has 0 aromatic heterocycles. The summed E-state index contributed by atoms with van der Waals surface area (Å²) in [6, 6.07) is 23.1. The van der Waals surface area contributed by atoms with Crippen molar-refractivity contribution < 1.29 is 14.3 Å². The standard InChI is InChI=1S/C24H19BrN2O3S/c1-29-19-10-8-18(9-11-19)26-24-27-23(28)22(31-24)14-17-7-12-21(20(25)13-17)30-15-16-5-3-2-4-6-16/h2-14H,15H2,1H3,(H,26,27,28). The molecule has 5 nitrogen and oxygen atoms in total. The molecule has 0 radical (unpaired) electrons. The summed E-state index contributed by atoms with van der Waals surface area (Å²) < 4.78 is 11.9. The van der Waals surface area contributed by atoms with E-state index in [9.17, 15) is 4.79 Å². The van der Waals surface area contributed by atoms with Crippen molar-refractivity contribution in [3.63, 3.8) is 0 Å². The molecule has 0 aliphatic carbocycles. The van der Waals surface area contributed by atoms with Gasteiger partial charge in [0.25, 0.3) is 5.91 Å². The van der Waals surface area contributed by atoms with Gasteiger partial charge in [-0.15, -0.1) is 0 Å². The number of hydrogen-bond donors (Lipinski definition) is 1. The van der Waals surface area contributed by atoms with Crippen LogP contribution in [0.3, 0.4) is 0 Å². The molecule has 31 heavy (non-hydrogen) atoms. The monoisotopic (exact) mass is 494 g/mol. The van der Waals surface area contributed by atoms with Gasteiger partial charge in [-0.2, -0.15) is 0 Å². The summed E-state index contributed by atoms with van der Waals surface area (Å²) in [5.74, 6) is 1.34. The zero-order valence-corrected chi connectivity index (χ0v) is 19.1. The van der Waals surface area contributed by atoms with Gasteiger partial charge in [0.15, 0.2) is 5.17 Å². The van der Waals surface area contributed by atoms with Crippen molar-refractivity contribution in [2.45, 2.75) is 6.61 Å². The molecule has 7 heteroatoms. The number of carbonyl (C=O) groups is 1. The highest BCUT2D eigenvalue weighted by Gasteiger charge is 2.23. The Morgan fingerprint density at radius 1 is 1.06 bits per heavy atom.